The van der Waals surface area contributed by atoms with Crippen LogP contribution >= 0.6 is 0 Å². The first-order chi connectivity index (χ1) is 15.2. The summed E-state index contributed by atoms with van der Waals surface area (Å²) >= 11 is 0. The zero-order valence-electron chi connectivity index (χ0n) is 17.9. The number of rotatable bonds is 9. The normalized spacial score (nSPS) is 11.4. The van der Waals surface area contributed by atoms with Crippen molar-refractivity contribution in [3.8, 4) is 29.9 Å². The Morgan fingerprint density at radius 3 is 2.68 bits per heavy atom. The molecule has 2 aromatic carbocycles. The number of para-hydroxylation sites is 1. The molecule has 5 nitrogen and oxygen atoms in total. The number of carbonyl (C=O) groups excluding carboxylic acids is 1. The Morgan fingerprint density at radius 2 is 1.97 bits per heavy atom. The molecule has 0 radical (unpaired) electrons. The molecule has 5 heteroatoms. The number of carbonyl (C=O) groups is 1. The largest absolute Gasteiger partial charge is 0.497 e. The standard InChI is InChI=1S/C26H27N3O2/c1-4-6-16-29(15-5-2)19-26(30)28-17-23(20-11-13-21(31-3)14-12-20)24-18-27-25-10-8-7-9-22(24)25/h2,7-14,18,23,27H,15-17,19H2,1,3H3,(H,28,30). The SMILES string of the molecule is C#CCN(CC#CC)CC(=O)NCC(c1ccc(OC)cc1)c1c[nH]c2ccccc12. The molecule has 0 saturated heterocycles. The van der Waals surface area contributed by atoms with Crippen LogP contribution in [0.2, 0.25) is 0 Å². The predicted octanol–water partition coefficient (Wildman–Crippen LogP) is 3.38. The molecule has 31 heavy (non-hydrogen) atoms. The Bertz CT molecular complexity index is 1110. The second-order valence-electron chi connectivity index (χ2n) is 7.20. The van der Waals surface area contributed by atoms with Crippen LogP contribution in [0.3, 0.4) is 0 Å². The molecule has 0 spiro atoms. The van der Waals surface area contributed by atoms with Crippen molar-refractivity contribution in [1.82, 2.24) is 15.2 Å². The molecule has 0 aliphatic rings. The number of H-pyrrole nitrogens is 1. The van der Waals surface area contributed by atoms with Crippen molar-refractivity contribution in [1.29, 1.82) is 0 Å². The maximum absolute atomic E-state index is 12.7. The third-order valence-electron chi connectivity index (χ3n) is 5.18. The van der Waals surface area contributed by atoms with E-state index in [0.29, 0.717) is 19.6 Å². The van der Waals surface area contributed by atoms with Crippen molar-refractivity contribution in [3.63, 3.8) is 0 Å². The lowest BCUT2D eigenvalue weighted by Gasteiger charge is -2.20. The minimum absolute atomic E-state index is 0.0116. The average molecular weight is 414 g/mol. The highest BCUT2D eigenvalue weighted by Crippen LogP contribution is 2.31. The van der Waals surface area contributed by atoms with Crippen molar-refractivity contribution < 1.29 is 9.53 Å². The summed E-state index contributed by atoms with van der Waals surface area (Å²) in [4.78, 5) is 17.8. The first-order valence-electron chi connectivity index (χ1n) is 10.2. The number of nitrogens with zero attached hydrogens (tertiary/aromatic N) is 1. The molecule has 0 bridgehead atoms. The second-order valence-corrected chi connectivity index (χ2v) is 7.20. The van der Waals surface area contributed by atoms with Gasteiger partial charge in [-0.2, -0.15) is 0 Å². The number of fused-ring (bicyclic) bond motifs is 1. The fourth-order valence-electron chi connectivity index (χ4n) is 3.59. The molecule has 2 N–H and O–H groups in total. The smallest absolute Gasteiger partial charge is 0.234 e. The van der Waals surface area contributed by atoms with E-state index in [0.717, 1.165) is 27.8 Å². The van der Waals surface area contributed by atoms with Gasteiger partial charge in [-0.3, -0.25) is 9.69 Å². The lowest BCUT2D eigenvalue weighted by Crippen LogP contribution is -2.39. The molecule has 0 aliphatic carbocycles. The van der Waals surface area contributed by atoms with Gasteiger partial charge in [0.2, 0.25) is 5.91 Å². The summed E-state index contributed by atoms with van der Waals surface area (Å²) in [6.07, 6.45) is 7.45. The number of amides is 1. The number of aromatic amines is 1. The van der Waals surface area contributed by atoms with Gasteiger partial charge in [-0.15, -0.1) is 12.3 Å². The van der Waals surface area contributed by atoms with E-state index in [1.165, 1.54) is 0 Å². The van der Waals surface area contributed by atoms with Crippen molar-refractivity contribution in [2.24, 2.45) is 0 Å². The molecule has 1 atom stereocenters. The van der Waals surface area contributed by atoms with Crippen LogP contribution in [-0.4, -0.2) is 49.1 Å². The Labute approximate surface area is 183 Å². The molecule has 0 saturated carbocycles. The van der Waals surface area contributed by atoms with Gasteiger partial charge >= 0.3 is 0 Å². The Kier molecular flexibility index (Phi) is 7.76. The fraction of sp³-hybridized carbons (Fsp3) is 0.269. The monoisotopic (exact) mass is 413 g/mol. The fourth-order valence-corrected chi connectivity index (χ4v) is 3.59. The van der Waals surface area contributed by atoms with E-state index in [1.807, 2.05) is 47.5 Å². The summed E-state index contributed by atoms with van der Waals surface area (Å²) in [6.45, 7) is 3.30. The molecule has 0 fully saturated rings. The van der Waals surface area contributed by atoms with E-state index in [9.17, 15) is 4.79 Å². The van der Waals surface area contributed by atoms with Crippen LogP contribution in [0, 0.1) is 24.2 Å². The van der Waals surface area contributed by atoms with Crippen LogP contribution in [0.15, 0.2) is 54.7 Å². The highest BCUT2D eigenvalue weighted by Gasteiger charge is 2.20. The van der Waals surface area contributed by atoms with Crippen molar-refractivity contribution >= 4 is 16.8 Å². The maximum Gasteiger partial charge on any atom is 0.234 e. The first kappa shape index (κ1) is 22.0. The van der Waals surface area contributed by atoms with Gasteiger partial charge in [0.15, 0.2) is 0 Å². The van der Waals surface area contributed by atoms with E-state index in [4.69, 9.17) is 11.2 Å². The lowest BCUT2D eigenvalue weighted by molar-refractivity contribution is -0.122. The summed E-state index contributed by atoms with van der Waals surface area (Å²) in [6, 6.07) is 16.1. The number of aromatic nitrogens is 1. The Balaban J connectivity index is 1.80. The minimum atomic E-state index is -0.0773. The molecule has 3 rings (SSSR count). The molecular weight excluding hydrogens is 386 g/mol. The topological polar surface area (TPSA) is 57.4 Å². The van der Waals surface area contributed by atoms with Gasteiger partial charge in [0.25, 0.3) is 0 Å². The van der Waals surface area contributed by atoms with Gasteiger partial charge in [0.05, 0.1) is 26.7 Å². The summed E-state index contributed by atoms with van der Waals surface area (Å²) in [5.74, 6) is 9.11. The van der Waals surface area contributed by atoms with E-state index in [1.54, 1.807) is 14.0 Å². The molecule has 1 aromatic heterocycles. The van der Waals surface area contributed by atoms with Crippen molar-refractivity contribution in [2.45, 2.75) is 12.8 Å². The predicted molar refractivity (Wildman–Crippen MR) is 125 cm³/mol. The second kappa shape index (κ2) is 10.9. The van der Waals surface area contributed by atoms with Crippen LogP contribution < -0.4 is 10.1 Å². The third-order valence-corrected chi connectivity index (χ3v) is 5.18. The van der Waals surface area contributed by atoms with E-state index < -0.39 is 0 Å². The maximum atomic E-state index is 12.7. The highest BCUT2D eigenvalue weighted by molar-refractivity contribution is 5.84. The molecule has 3 aromatic rings. The van der Waals surface area contributed by atoms with Crippen LogP contribution in [0.4, 0.5) is 0 Å². The molecule has 1 unspecified atom stereocenters. The summed E-state index contributed by atoms with van der Waals surface area (Å²) in [7, 11) is 1.65. The Hall–Kier alpha value is -3.67. The van der Waals surface area contributed by atoms with Gasteiger partial charge < -0.3 is 15.0 Å². The van der Waals surface area contributed by atoms with Gasteiger partial charge in [0.1, 0.15) is 5.75 Å². The molecule has 1 amide bonds. The third kappa shape index (κ3) is 5.69. The van der Waals surface area contributed by atoms with Crippen LogP contribution in [0.1, 0.15) is 24.0 Å². The number of methoxy groups -OCH3 is 1. The zero-order chi connectivity index (χ0) is 22.1. The number of terminal acetylenes is 1. The summed E-state index contributed by atoms with van der Waals surface area (Å²) in [5, 5.41) is 4.23. The van der Waals surface area contributed by atoms with Crippen LogP contribution in [0.5, 0.6) is 5.75 Å². The summed E-state index contributed by atoms with van der Waals surface area (Å²) in [5.41, 5.74) is 3.31. The number of benzene rings is 2. The van der Waals surface area contributed by atoms with E-state index in [-0.39, 0.29) is 18.4 Å². The highest BCUT2D eigenvalue weighted by atomic mass is 16.5. The molecule has 0 aliphatic heterocycles. The minimum Gasteiger partial charge on any atom is -0.497 e. The van der Waals surface area contributed by atoms with Crippen molar-refractivity contribution in [3.05, 3.63) is 65.9 Å². The molecule has 158 valence electrons. The molecule has 1 heterocycles. The van der Waals surface area contributed by atoms with Crippen molar-refractivity contribution in [2.75, 3.05) is 33.3 Å². The van der Waals surface area contributed by atoms with Gasteiger partial charge in [-0.25, -0.2) is 0 Å². The Morgan fingerprint density at radius 1 is 1.19 bits per heavy atom. The number of hydrogen-bond donors (Lipinski definition) is 2. The van der Waals surface area contributed by atoms with Crippen LogP contribution in [0.25, 0.3) is 10.9 Å². The number of hydrogen-bond acceptors (Lipinski definition) is 3. The van der Waals surface area contributed by atoms with Crippen LogP contribution in [-0.2, 0) is 4.79 Å². The van der Waals surface area contributed by atoms with E-state index in [2.05, 4.69) is 40.2 Å². The van der Waals surface area contributed by atoms with Gasteiger partial charge in [-0.05, 0) is 36.2 Å². The van der Waals surface area contributed by atoms with Gasteiger partial charge in [-0.1, -0.05) is 42.2 Å². The molecular formula is C26H27N3O2. The number of nitrogens with one attached hydrogen (secondary N) is 2. The van der Waals surface area contributed by atoms with E-state index >= 15 is 0 Å². The average Bonchev–Trinajstić information content (AvgIpc) is 3.22. The zero-order valence-corrected chi connectivity index (χ0v) is 17.9. The summed E-state index contributed by atoms with van der Waals surface area (Å²) < 4.78 is 5.30. The quantitative estimate of drug-likeness (QED) is 0.529. The van der Waals surface area contributed by atoms with Gasteiger partial charge in [0, 0.05) is 29.6 Å². The number of ether oxygens (including phenoxy) is 1. The first-order valence-corrected chi connectivity index (χ1v) is 10.2. The lowest BCUT2D eigenvalue weighted by atomic mass is 9.90.